The van der Waals surface area contributed by atoms with Crippen LogP contribution in [0.4, 0.5) is 5.69 Å². The van der Waals surface area contributed by atoms with Gasteiger partial charge >= 0.3 is 0 Å². The average Bonchev–Trinajstić information content (AvgIpc) is 3.67. The van der Waals surface area contributed by atoms with Crippen LogP contribution in [0.3, 0.4) is 0 Å². The second kappa shape index (κ2) is 10.9. The first-order valence-corrected chi connectivity index (χ1v) is 15.9. The molecule has 0 saturated heterocycles. The number of fused-ring (bicyclic) bond motifs is 6. The van der Waals surface area contributed by atoms with E-state index in [4.69, 9.17) is 6.57 Å². The SMILES string of the molecule is [C-]#[N+]c1ccc2c(c1)c1ccccc1n2-c1ccccc1-c1ccc(-c2ccc(-n3c4ccccc4c4ccccc43)c(C#N)c2)cc1. The molecule has 0 aliphatic rings. The van der Waals surface area contributed by atoms with Gasteiger partial charge in [0.1, 0.15) is 6.07 Å². The number of rotatable bonds is 4. The van der Waals surface area contributed by atoms with Gasteiger partial charge in [-0.2, -0.15) is 5.26 Å². The number of aromatic nitrogens is 2. The Morgan fingerprint density at radius 3 is 1.62 bits per heavy atom. The smallest absolute Gasteiger partial charge is 0.188 e. The number of hydrogen-bond acceptors (Lipinski definition) is 1. The molecule has 0 saturated carbocycles. The van der Waals surface area contributed by atoms with Crippen molar-refractivity contribution < 1.29 is 0 Å². The van der Waals surface area contributed by atoms with E-state index in [1.807, 2.05) is 30.3 Å². The lowest BCUT2D eigenvalue weighted by atomic mass is 9.97. The van der Waals surface area contributed by atoms with Crippen LogP contribution in [-0.4, -0.2) is 9.13 Å². The molecule has 4 nitrogen and oxygen atoms in total. The maximum absolute atomic E-state index is 10.3. The van der Waals surface area contributed by atoms with Crippen LogP contribution in [0.1, 0.15) is 5.56 Å². The van der Waals surface area contributed by atoms with Crippen molar-refractivity contribution in [1.82, 2.24) is 9.13 Å². The lowest BCUT2D eigenvalue weighted by Crippen LogP contribution is -1.98. The van der Waals surface area contributed by atoms with E-state index in [1.54, 1.807) is 0 Å². The van der Waals surface area contributed by atoms with Crippen LogP contribution in [-0.2, 0) is 0 Å². The van der Waals surface area contributed by atoms with Gasteiger partial charge in [0.2, 0.25) is 0 Å². The van der Waals surface area contributed by atoms with Gasteiger partial charge in [0.25, 0.3) is 0 Å². The summed E-state index contributed by atoms with van der Waals surface area (Å²) < 4.78 is 4.50. The molecule has 9 rings (SSSR count). The largest absolute Gasteiger partial charge is 0.309 e. The molecule has 0 aliphatic carbocycles. The van der Waals surface area contributed by atoms with Crippen LogP contribution >= 0.6 is 0 Å². The summed E-state index contributed by atoms with van der Waals surface area (Å²) in [4.78, 5) is 3.68. The van der Waals surface area contributed by atoms with Crippen molar-refractivity contribution in [2.75, 3.05) is 0 Å². The summed E-state index contributed by atoms with van der Waals surface area (Å²) in [5, 5.41) is 14.9. The van der Waals surface area contributed by atoms with Crippen LogP contribution in [0.25, 0.3) is 82.1 Å². The maximum atomic E-state index is 10.3. The Balaban J connectivity index is 1.13. The van der Waals surface area contributed by atoms with Gasteiger partial charge in [0, 0.05) is 21.7 Å². The zero-order chi connectivity index (χ0) is 32.2. The van der Waals surface area contributed by atoms with Crippen LogP contribution in [0, 0.1) is 17.9 Å². The standard InChI is InChI=1S/C44H26N4/c1-46-33-23-25-44-38(27-33)37-13-5-9-17-43(37)48(44)40-14-6-2-10-34(40)30-20-18-29(19-21-30)31-22-24-39(32(26-31)28-45)47-41-15-7-3-11-35(41)36-12-4-8-16-42(36)47/h2-27H. The van der Waals surface area contributed by atoms with Gasteiger partial charge in [-0.05, 0) is 70.6 Å². The Bertz CT molecular complexity index is 2750. The lowest BCUT2D eigenvalue weighted by molar-refractivity contribution is 1.17. The van der Waals surface area contributed by atoms with Crippen molar-refractivity contribution >= 4 is 49.3 Å². The molecular formula is C44H26N4. The first-order chi connectivity index (χ1) is 23.7. The fourth-order valence-electron chi connectivity index (χ4n) is 7.23. The molecule has 0 atom stereocenters. The summed E-state index contributed by atoms with van der Waals surface area (Å²) in [6.07, 6.45) is 0. The molecule has 0 amide bonds. The summed E-state index contributed by atoms with van der Waals surface area (Å²) in [5.74, 6) is 0. The number of para-hydroxylation sites is 4. The molecule has 0 unspecified atom stereocenters. The van der Waals surface area contributed by atoms with Crippen LogP contribution in [0.2, 0.25) is 0 Å². The highest BCUT2D eigenvalue weighted by molar-refractivity contribution is 6.11. The molecule has 0 N–H and O–H groups in total. The Morgan fingerprint density at radius 1 is 0.458 bits per heavy atom. The zero-order valence-electron chi connectivity index (χ0n) is 25.8. The molecule has 0 radical (unpaired) electrons. The number of benzene rings is 7. The molecule has 4 heteroatoms. The predicted octanol–water partition coefficient (Wildman–Crippen LogP) is 11.6. The molecule has 0 aliphatic heterocycles. The predicted molar refractivity (Wildman–Crippen MR) is 197 cm³/mol. The summed E-state index contributed by atoms with van der Waals surface area (Å²) in [6.45, 7) is 7.55. The minimum Gasteiger partial charge on any atom is -0.309 e. The van der Waals surface area contributed by atoms with E-state index < -0.39 is 0 Å². The quantitative estimate of drug-likeness (QED) is 0.183. The second-order valence-electron chi connectivity index (χ2n) is 12.0. The fourth-order valence-corrected chi connectivity index (χ4v) is 7.23. The van der Waals surface area contributed by atoms with Crippen molar-refractivity contribution in [1.29, 1.82) is 5.26 Å². The molecule has 9 aromatic rings. The van der Waals surface area contributed by atoms with Gasteiger partial charge in [0.15, 0.2) is 5.69 Å². The first kappa shape index (κ1) is 27.4. The van der Waals surface area contributed by atoms with Crippen LogP contribution in [0.5, 0.6) is 0 Å². The van der Waals surface area contributed by atoms with Crippen LogP contribution < -0.4 is 0 Å². The highest BCUT2D eigenvalue weighted by atomic mass is 15.0. The zero-order valence-corrected chi connectivity index (χ0v) is 25.8. The van der Waals surface area contributed by atoms with Crippen molar-refractivity contribution in [2.24, 2.45) is 0 Å². The van der Waals surface area contributed by atoms with Crippen molar-refractivity contribution in [3.8, 4) is 39.7 Å². The van der Waals surface area contributed by atoms with E-state index in [0.717, 1.165) is 66.5 Å². The third kappa shape index (κ3) is 4.14. The summed E-state index contributed by atoms with van der Waals surface area (Å²) >= 11 is 0. The number of nitrogens with zero attached hydrogens (tertiary/aromatic N) is 4. The molecule has 0 spiro atoms. The second-order valence-corrected chi connectivity index (χ2v) is 12.0. The molecule has 48 heavy (non-hydrogen) atoms. The van der Waals surface area contributed by atoms with Crippen molar-refractivity contribution in [3.05, 3.63) is 175 Å². The van der Waals surface area contributed by atoms with E-state index in [0.29, 0.717) is 11.3 Å². The van der Waals surface area contributed by atoms with Gasteiger partial charge in [0.05, 0.1) is 45.6 Å². The third-order valence-corrected chi connectivity index (χ3v) is 9.40. The lowest BCUT2D eigenvalue weighted by Gasteiger charge is -2.15. The maximum Gasteiger partial charge on any atom is 0.188 e. The molecule has 0 bridgehead atoms. The van der Waals surface area contributed by atoms with Crippen LogP contribution in [0.15, 0.2) is 158 Å². The molecule has 0 fully saturated rings. The number of hydrogen-bond donors (Lipinski definition) is 0. The van der Waals surface area contributed by atoms with Gasteiger partial charge in [-0.25, -0.2) is 4.85 Å². The monoisotopic (exact) mass is 610 g/mol. The van der Waals surface area contributed by atoms with Gasteiger partial charge in [-0.1, -0.05) is 109 Å². The topological polar surface area (TPSA) is 38.0 Å². The number of nitriles is 1. The molecule has 2 heterocycles. The first-order valence-electron chi connectivity index (χ1n) is 15.9. The van der Waals surface area contributed by atoms with Crippen molar-refractivity contribution in [3.63, 3.8) is 0 Å². The fraction of sp³-hybridized carbons (Fsp3) is 0. The minimum absolute atomic E-state index is 0.626. The van der Waals surface area contributed by atoms with Gasteiger partial charge in [-0.15, -0.1) is 0 Å². The summed E-state index contributed by atoms with van der Waals surface area (Å²) in [5.41, 5.74) is 11.8. The minimum atomic E-state index is 0.626. The summed E-state index contributed by atoms with van der Waals surface area (Å²) in [6, 6.07) is 56.7. The average molecular weight is 611 g/mol. The molecule has 7 aromatic carbocycles. The molecular weight excluding hydrogens is 585 g/mol. The van der Waals surface area contributed by atoms with Gasteiger partial charge in [-0.3, -0.25) is 0 Å². The Hall–Kier alpha value is -6.88. The molecule has 222 valence electrons. The highest BCUT2D eigenvalue weighted by Gasteiger charge is 2.17. The van der Waals surface area contributed by atoms with Crippen molar-refractivity contribution in [2.45, 2.75) is 0 Å². The van der Waals surface area contributed by atoms with E-state index >= 15 is 0 Å². The normalized spacial score (nSPS) is 11.3. The Morgan fingerprint density at radius 2 is 0.979 bits per heavy atom. The van der Waals surface area contributed by atoms with E-state index in [-0.39, 0.29) is 0 Å². The van der Waals surface area contributed by atoms with Gasteiger partial charge < -0.3 is 9.13 Å². The summed E-state index contributed by atoms with van der Waals surface area (Å²) in [7, 11) is 0. The van der Waals surface area contributed by atoms with E-state index in [1.165, 1.54) is 10.8 Å². The van der Waals surface area contributed by atoms with E-state index in [2.05, 4.69) is 147 Å². The Kier molecular flexibility index (Phi) is 6.22. The highest BCUT2D eigenvalue weighted by Crippen LogP contribution is 2.39. The van der Waals surface area contributed by atoms with E-state index in [9.17, 15) is 5.26 Å². The third-order valence-electron chi connectivity index (χ3n) is 9.40. The Labute approximate surface area is 277 Å². The molecule has 2 aromatic heterocycles.